The van der Waals surface area contributed by atoms with Gasteiger partial charge in [0.05, 0.1) is 20.6 Å². The zero-order valence-corrected chi connectivity index (χ0v) is 19.2. The molecule has 0 aromatic heterocycles. The summed E-state index contributed by atoms with van der Waals surface area (Å²) in [5, 5.41) is 2.98. The van der Waals surface area contributed by atoms with Crippen LogP contribution in [-0.4, -0.2) is 43.5 Å². The molecule has 0 aliphatic heterocycles. The molecule has 0 heterocycles. The van der Waals surface area contributed by atoms with Crippen LogP contribution in [0.15, 0.2) is 48.5 Å². The molecule has 2 aromatic carbocycles. The number of ether oxygens (including phenoxy) is 2. The summed E-state index contributed by atoms with van der Waals surface area (Å²) >= 11 is 0. The minimum absolute atomic E-state index is 0.0977. The number of benzene rings is 2. The van der Waals surface area contributed by atoms with Crippen LogP contribution in [-0.2, 0) is 22.6 Å². The first-order valence-electron chi connectivity index (χ1n) is 10.7. The molecule has 0 fully saturated rings. The lowest BCUT2D eigenvalue weighted by molar-refractivity contribution is -0.141. The van der Waals surface area contributed by atoms with Gasteiger partial charge in [0.25, 0.3) is 0 Å². The Labute approximate surface area is 185 Å². The molecule has 0 unspecified atom stereocenters. The topological polar surface area (TPSA) is 67.9 Å². The molecule has 6 nitrogen and oxygen atoms in total. The average molecular weight is 427 g/mol. The molecule has 0 aliphatic rings. The zero-order chi connectivity index (χ0) is 22.8. The highest BCUT2D eigenvalue weighted by Crippen LogP contribution is 2.19. The van der Waals surface area contributed by atoms with Crippen molar-refractivity contribution in [2.45, 2.75) is 46.2 Å². The van der Waals surface area contributed by atoms with Crippen LogP contribution < -0.4 is 14.8 Å². The number of nitrogens with one attached hydrogen (secondary N) is 1. The van der Waals surface area contributed by atoms with Crippen molar-refractivity contribution in [3.63, 3.8) is 0 Å². The van der Waals surface area contributed by atoms with Crippen molar-refractivity contribution in [3.8, 4) is 11.5 Å². The maximum absolute atomic E-state index is 13.4. The van der Waals surface area contributed by atoms with E-state index in [0.717, 1.165) is 22.6 Å². The van der Waals surface area contributed by atoms with E-state index in [1.807, 2.05) is 69.3 Å². The SMILES string of the molecule is CC[C@@H](C(=O)NCC(C)C)N(Cc1cccc(OC)c1)C(=O)Cc1ccc(OC)cc1. The lowest BCUT2D eigenvalue weighted by atomic mass is 10.1. The summed E-state index contributed by atoms with van der Waals surface area (Å²) in [6, 6.07) is 14.5. The summed E-state index contributed by atoms with van der Waals surface area (Å²) in [4.78, 5) is 28.0. The molecule has 2 amide bonds. The number of carbonyl (C=O) groups excluding carboxylic acids is 2. The molecule has 0 bridgehead atoms. The normalized spacial score (nSPS) is 11.7. The molecular weight excluding hydrogens is 392 g/mol. The van der Waals surface area contributed by atoms with Crippen molar-refractivity contribution in [1.29, 1.82) is 0 Å². The monoisotopic (exact) mass is 426 g/mol. The van der Waals surface area contributed by atoms with E-state index >= 15 is 0 Å². The maximum atomic E-state index is 13.4. The van der Waals surface area contributed by atoms with Crippen LogP contribution in [0, 0.1) is 5.92 Å². The Morgan fingerprint density at radius 3 is 2.23 bits per heavy atom. The van der Waals surface area contributed by atoms with Gasteiger partial charge in [-0.1, -0.05) is 45.0 Å². The largest absolute Gasteiger partial charge is 0.497 e. The Morgan fingerprint density at radius 1 is 0.968 bits per heavy atom. The fourth-order valence-electron chi connectivity index (χ4n) is 3.33. The number of methoxy groups -OCH3 is 2. The van der Waals surface area contributed by atoms with Crippen molar-refractivity contribution < 1.29 is 19.1 Å². The molecule has 1 atom stereocenters. The Balaban J connectivity index is 2.27. The van der Waals surface area contributed by atoms with Crippen molar-refractivity contribution in [2.24, 2.45) is 5.92 Å². The average Bonchev–Trinajstić information content (AvgIpc) is 2.78. The van der Waals surface area contributed by atoms with Crippen LogP contribution in [0.5, 0.6) is 11.5 Å². The number of carbonyl (C=O) groups is 2. The van der Waals surface area contributed by atoms with Crippen molar-refractivity contribution in [3.05, 3.63) is 59.7 Å². The second-order valence-electron chi connectivity index (χ2n) is 7.96. The number of hydrogen-bond acceptors (Lipinski definition) is 4. The van der Waals surface area contributed by atoms with Gasteiger partial charge >= 0.3 is 0 Å². The summed E-state index contributed by atoms with van der Waals surface area (Å²) < 4.78 is 10.5. The third-order valence-corrected chi connectivity index (χ3v) is 5.07. The van der Waals surface area contributed by atoms with Gasteiger partial charge in [-0.3, -0.25) is 9.59 Å². The van der Waals surface area contributed by atoms with Gasteiger partial charge in [0, 0.05) is 13.1 Å². The minimum Gasteiger partial charge on any atom is -0.497 e. The minimum atomic E-state index is -0.546. The van der Waals surface area contributed by atoms with Crippen molar-refractivity contribution >= 4 is 11.8 Å². The van der Waals surface area contributed by atoms with Crippen LogP contribution in [0.25, 0.3) is 0 Å². The Hall–Kier alpha value is -3.02. The second kappa shape index (κ2) is 12.0. The molecule has 0 saturated carbocycles. The number of hydrogen-bond donors (Lipinski definition) is 1. The molecule has 168 valence electrons. The Bertz CT molecular complexity index is 849. The van der Waals surface area contributed by atoms with Crippen LogP contribution >= 0.6 is 0 Å². The van der Waals surface area contributed by atoms with Gasteiger partial charge in [-0.05, 0) is 47.7 Å². The van der Waals surface area contributed by atoms with Gasteiger partial charge in [-0.25, -0.2) is 0 Å². The highest BCUT2D eigenvalue weighted by molar-refractivity contribution is 5.88. The molecule has 6 heteroatoms. The quantitative estimate of drug-likeness (QED) is 0.593. The third kappa shape index (κ3) is 7.31. The van der Waals surface area contributed by atoms with E-state index in [1.165, 1.54) is 0 Å². The molecule has 0 aliphatic carbocycles. The molecular formula is C25H34N2O4. The lowest BCUT2D eigenvalue weighted by Crippen LogP contribution is -2.50. The molecule has 1 N–H and O–H groups in total. The van der Waals surface area contributed by atoms with Crippen molar-refractivity contribution in [1.82, 2.24) is 10.2 Å². The van der Waals surface area contributed by atoms with Crippen LogP contribution in [0.2, 0.25) is 0 Å². The summed E-state index contributed by atoms with van der Waals surface area (Å²) in [6.07, 6.45) is 0.740. The highest BCUT2D eigenvalue weighted by Gasteiger charge is 2.28. The first-order valence-corrected chi connectivity index (χ1v) is 10.7. The van der Waals surface area contributed by atoms with E-state index in [9.17, 15) is 9.59 Å². The summed E-state index contributed by atoms with van der Waals surface area (Å²) in [6.45, 7) is 6.93. The van der Waals surface area contributed by atoms with Gasteiger partial charge in [-0.2, -0.15) is 0 Å². The summed E-state index contributed by atoms with van der Waals surface area (Å²) in [5.41, 5.74) is 1.79. The fraction of sp³-hybridized carbons (Fsp3) is 0.440. The third-order valence-electron chi connectivity index (χ3n) is 5.07. The predicted molar refractivity (Wildman–Crippen MR) is 122 cm³/mol. The van der Waals surface area contributed by atoms with E-state index in [-0.39, 0.29) is 18.2 Å². The lowest BCUT2D eigenvalue weighted by Gasteiger charge is -2.31. The van der Waals surface area contributed by atoms with E-state index in [2.05, 4.69) is 5.32 Å². The van der Waals surface area contributed by atoms with Gasteiger partial charge < -0.3 is 19.7 Å². The van der Waals surface area contributed by atoms with Crippen molar-refractivity contribution in [2.75, 3.05) is 20.8 Å². The smallest absolute Gasteiger partial charge is 0.242 e. The van der Waals surface area contributed by atoms with E-state index in [0.29, 0.717) is 25.4 Å². The Morgan fingerprint density at radius 2 is 1.65 bits per heavy atom. The first kappa shape index (κ1) is 24.3. The molecule has 2 rings (SSSR count). The molecule has 0 spiro atoms. The van der Waals surface area contributed by atoms with E-state index in [4.69, 9.17) is 9.47 Å². The molecule has 31 heavy (non-hydrogen) atoms. The number of amides is 2. The Kier molecular flexibility index (Phi) is 9.38. The highest BCUT2D eigenvalue weighted by atomic mass is 16.5. The number of rotatable bonds is 11. The van der Waals surface area contributed by atoms with Gasteiger partial charge in [0.2, 0.25) is 11.8 Å². The fourth-order valence-corrected chi connectivity index (χ4v) is 3.33. The van der Waals surface area contributed by atoms with Gasteiger partial charge in [-0.15, -0.1) is 0 Å². The standard InChI is InChI=1S/C25H34N2O4/c1-6-23(25(29)26-16-18(2)3)27(17-20-8-7-9-22(14-20)31-5)24(28)15-19-10-12-21(30-4)13-11-19/h7-14,18,23H,6,15-17H2,1-5H3,(H,26,29)/t23-/m0/s1. The first-order chi connectivity index (χ1) is 14.9. The van der Waals surface area contributed by atoms with E-state index in [1.54, 1.807) is 19.1 Å². The molecule has 2 aromatic rings. The van der Waals surface area contributed by atoms with Crippen LogP contribution in [0.3, 0.4) is 0 Å². The molecule has 0 saturated heterocycles. The summed E-state index contributed by atoms with van der Waals surface area (Å²) in [7, 11) is 3.22. The molecule has 0 radical (unpaired) electrons. The maximum Gasteiger partial charge on any atom is 0.242 e. The van der Waals surface area contributed by atoms with Gasteiger partial charge in [0.1, 0.15) is 17.5 Å². The van der Waals surface area contributed by atoms with E-state index < -0.39 is 6.04 Å². The summed E-state index contributed by atoms with van der Waals surface area (Å²) in [5.74, 6) is 1.58. The number of nitrogens with zero attached hydrogens (tertiary/aromatic N) is 1. The predicted octanol–water partition coefficient (Wildman–Crippen LogP) is 3.83. The van der Waals surface area contributed by atoms with Gasteiger partial charge in [0.15, 0.2) is 0 Å². The van der Waals surface area contributed by atoms with Crippen LogP contribution in [0.1, 0.15) is 38.3 Å². The van der Waals surface area contributed by atoms with Crippen LogP contribution in [0.4, 0.5) is 0 Å². The second-order valence-corrected chi connectivity index (χ2v) is 7.96. The zero-order valence-electron chi connectivity index (χ0n) is 19.2.